The Labute approximate surface area is 122 Å². The van der Waals surface area contributed by atoms with E-state index in [1.807, 2.05) is 30.1 Å². The molecule has 0 spiro atoms. The summed E-state index contributed by atoms with van der Waals surface area (Å²) < 4.78 is 13.0. The normalized spacial score (nSPS) is 10.6. The van der Waals surface area contributed by atoms with Crippen LogP contribution in [0.5, 0.6) is 0 Å². The van der Waals surface area contributed by atoms with Crippen LogP contribution < -0.4 is 11.1 Å². The Hall–Kier alpha value is -2.47. The van der Waals surface area contributed by atoms with Gasteiger partial charge in [0.2, 0.25) is 5.91 Å². The number of pyridine rings is 1. The van der Waals surface area contributed by atoms with Gasteiger partial charge in [-0.1, -0.05) is 6.07 Å². The molecule has 1 heterocycles. The number of amides is 1. The first-order valence-electron chi connectivity index (χ1n) is 6.48. The van der Waals surface area contributed by atoms with E-state index in [9.17, 15) is 9.18 Å². The molecule has 0 aliphatic rings. The molecular weight excluding hydrogens is 271 g/mol. The smallest absolute Gasteiger partial charge is 0.238 e. The zero-order valence-corrected chi connectivity index (χ0v) is 11.7. The minimum absolute atomic E-state index is 0.00893. The van der Waals surface area contributed by atoms with E-state index in [-0.39, 0.29) is 18.1 Å². The molecule has 3 N–H and O–H groups in total. The Bertz CT molecular complexity index is 618. The molecule has 1 aromatic carbocycles. The highest BCUT2D eigenvalue weighted by molar-refractivity contribution is 5.92. The van der Waals surface area contributed by atoms with Gasteiger partial charge in [0, 0.05) is 18.4 Å². The van der Waals surface area contributed by atoms with Crippen LogP contribution in [0.4, 0.5) is 15.8 Å². The van der Waals surface area contributed by atoms with Crippen LogP contribution in [0.15, 0.2) is 42.6 Å². The predicted molar refractivity (Wildman–Crippen MR) is 80.0 cm³/mol. The number of benzene rings is 1. The number of aromatic nitrogens is 1. The Morgan fingerprint density at radius 1 is 1.38 bits per heavy atom. The predicted octanol–water partition coefficient (Wildman–Crippen LogP) is 1.87. The monoisotopic (exact) mass is 288 g/mol. The number of carbonyl (C=O) groups excluding carboxylic acids is 1. The number of nitrogens with zero attached hydrogens (tertiary/aromatic N) is 2. The summed E-state index contributed by atoms with van der Waals surface area (Å²) in [5, 5.41) is 2.68. The minimum Gasteiger partial charge on any atom is -0.396 e. The Morgan fingerprint density at radius 2 is 2.19 bits per heavy atom. The molecule has 0 fully saturated rings. The van der Waals surface area contributed by atoms with Crippen LogP contribution in [-0.2, 0) is 11.3 Å². The second-order valence-electron chi connectivity index (χ2n) is 4.78. The SMILES string of the molecule is CN(CC(=O)Nc1ccc(F)c(N)c1)Cc1ccccn1. The molecule has 0 saturated heterocycles. The van der Waals surface area contributed by atoms with E-state index >= 15 is 0 Å². The van der Waals surface area contributed by atoms with Crippen molar-refractivity contribution in [1.29, 1.82) is 0 Å². The third-order valence-corrected chi connectivity index (χ3v) is 2.85. The highest BCUT2D eigenvalue weighted by Crippen LogP contribution is 2.16. The van der Waals surface area contributed by atoms with Crippen molar-refractivity contribution in [2.45, 2.75) is 6.54 Å². The molecule has 110 valence electrons. The summed E-state index contributed by atoms with van der Waals surface area (Å²) in [7, 11) is 1.83. The van der Waals surface area contributed by atoms with Crippen LogP contribution in [0, 0.1) is 5.82 Å². The summed E-state index contributed by atoms with van der Waals surface area (Å²) in [4.78, 5) is 17.9. The lowest BCUT2D eigenvalue weighted by Crippen LogP contribution is -2.30. The molecule has 0 atom stereocenters. The van der Waals surface area contributed by atoms with Gasteiger partial charge in [-0.25, -0.2) is 4.39 Å². The number of nitrogen functional groups attached to an aromatic ring is 1. The molecule has 0 radical (unpaired) electrons. The second kappa shape index (κ2) is 6.81. The van der Waals surface area contributed by atoms with E-state index in [0.717, 1.165) is 5.69 Å². The number of nitrogens with two attached hydrogens (primary N) is 1. The van der Waals surface area contributed by atoms with Crippen molar-refractivity contribution in [3.8, 4) is 0 Å². The van der Waals surface area contributed by atoms with Gasteiger partial charge in [-0.3, -0.25) is 14.7 Å². The van der Waals surface area contributed by atoms with Gasteiger partial charge in [0.05, 0.1) is 17.9 Å². The molecule has 1 aromatic heterocycles. The minimum atomic E-state index is -0.500. The van der Waals surface area contributed by atoms with Crippen molar-refractivity contribution in [3.05, 3.63) is 54.1 Å². The van der Waals surface area contributed by atoms with Gasteiger partial charge in [0.1, 0.15) is 5.82 Å². The number of nitrogens with one attached hydrogen (secondary N) is 1. The van der Waals surface area contributed by atoms with Gasteiger partial charge in [0.15, 0.2) is 0 Å². The van der Waals surface area contributed by atoms with E-state index in [0.29, 0.717) is 12.2 Å². The van der Waals surface area contributed by atoms with Gasteiger partial charge in [-0.2, -0.15) is 0 Å². The first-order valence-corrected chi connectivity index (χ1v) is 6.48. The fraction of sp³-hybridized carbons (Fsp3) is 0.200. The first-order chi connectivity index (χ1) is 10.0. The average molecular weight is 288 g/mol. The molecule has 0 aliphatic carbocycles. The van der Waals surface area contributed by atoms with E-state index in [1.165, 1.54) is 18.2 Å². The molecule has 21 heavy (non-hydrogen) atoms. The fourth-order valence-corrected chi connectivity index (χ4v) is 1.89. The van der Waals surface area contributed by atoms with E-state index in [2.05, 4.69) is 10.3 Å². The molecule has 0 saturated carbocycles. The first kappa shape index (κ1) is 14.9. The zero-order chi connectivity index (χ0) is 15.2. The van der Waals surface area contributed by atoms with E-state index in [1.54, 1.807) is 6.20 Å². The van der Waals surface area contributed by atoms with E-state index in [4.69, 9.17) is 5.73 Å². The van der Waals surface area contributed by atoms with Crippen molar-refractivity contribution in [2.75, 3.05) is 24.6 Å². The summed E-state index contributed by atoms with van der Waals surface area (Å²) in [6.45, 7) is 0.772. The number of anilines is 2. The average Bonchev–Trinajstić information content (AvgIpc) is 2.43. The number of likely N-dealkylation sites (N-methyl/N-ethyl adjacent to an activating group) is 1. The highest BCUT2D eigenvalue weighted by Gasteiger charge is 2.09. The lowest BCUT2D eigenvalue weighted by molar-refractivity contribution is -0.117. The molecule has 5 nitrogen and oxygen atoms in total. The molecule has 2 aromatic rings. The van der Waals surface area contributed by atoms with Crippen LogP contribution >= 0.6 is 0 Å². The maximum absolute atomic E-state index is 13.0. The molecule has 0 aliphatic heterocycles. The Balaban J connectivity index is 1.87. The van der Waals surface area contributed by atoms with Crippen LogP contribution in [0.3, 0.4) is 0 Å². The van der Waals surface area contributed by atoms with Crippen LogP contribution in [0.1, 0.15) is 5.69 Å². The van der Waals surface area contributed by atoms with Crippen molar-refractivity contribution in [2.24, 2.45) is 0 Å². The number of carbonyl (C=O) groups is 1. The largest absolute Gasteiger partial charge is 0.396 e. The van der Waals surface area contributed by atoms with Gasteiger partial charge in [0.25, 0.3) is 0 Å². The maximum atomic E-state index is 13.0. The van der Waals surface area contributed by atoms with Gasteiger partial charge < -0.3 is 11.1 Å². The second-order valence-corrected chi connectivity index (χ2v) is 4.78. The zero-order valence-electron chi connectivity index (χ0n) is 11.7. The summed E-state index contributed by atoms with van der Waals surface area (Å²) >= 11 is 0. The van der Waals surface area contributed by atoms with Crippen LogP contribution in [0.25, 0.3) is 0 Å². The van der Waals surface area contributed by atoms with Crippen molar-refractivity contribution in [3.63, 3.8) is 0 Å². The Morgan fingerprint density at radius 3 is 2.86 bits per heavy atom. The molecular formula is C15H17FN4O. The van der Waals surface area contributed by atoms with Crippen molar-refractivity contribution < 1.29 is 9.18 Å². The maximum Gasteiger partial charge on any atom is 0.238 e. The molecule has 6 heteroatoms. The molecule has 0 bridgehead atoms. The third kappa shape index (κ3) is 4.54. The van der Waals surface area contributed by atoms with Gasteiger partial charge in [-0.15, -0.1) is 0 Å². The molecule has 2 rings (SSSR count). The number of halogens is 1. The number of rotatable bonds is 5. The summed E-state index contributed by atoms with van der Waals surface area (Å²) in [5.41, 5.74) is 6.83. The summed E-state index contributed by atoms with van der Waals surface area (Å²) in [5.74, 6) is -0.695. The number of hydrogen-bond donors (Lipinski definition) is 2. The van der Waals surface area contributed by atoms with Crippen LogP contribution in [-0.4, -0.2) is 29.4 Å². The highest BCUT2D eigenvalue weighted by atomic mass is 19.1. The quantitative estimate of drug-likeness (QED) is 0.824. The summed E-state index contributed by atoms with van der Waals surface area (Å²) in [6.07, 6.45) is 1.71. The van der Waals surface area contributed by atoms with Gasteiger partial charge in [-0.05, 0) is 37.4 Å². The third-order valence-electron chi connectivity index (χ3n) is 2.85. The Kier molecular flexibility index (Phi) is 4.84. The van der Waals surface area contributed by atoms with Crippen molar-refractivity contribution >= 4 is 17.3 Å². The van der Waals surface area contributed by atoms with Crippen LogP contribution in [0.2, 0.25) is 0 Å². The number of hydrogen-bond acceptors (Lipinski definition) is 4. The lowest BCUT2D eigenvalue weighted by Gasteiger charge is -2.15. The molecule has 0 unspecified atom stereocenters. The molecule has 1 amide bonds. The van der Waals surface area contributed by atoms with Gasteiger partial charge >= 0.3 is 0 Å². The van der Waals surface area contributed by atoms with E-state index < -0.39 is 5.82 Å². The topological polar surface area (TPSA) is 71.2 Å². The lowest BCUT2D eigenvalue weighted by atomic mass is 10.2. The standard InChI is InChI=1S/C15H17FN4O/c1-20(9-12-4-2-3-7-18-12)10-15(21)19-11-5-6-13(16)14(17)8-11/h2-8H,9-10,17H2,1H3,(H,19,21). The van der Waals surface area contributed by atoms with Crippen molar-refractivity contribution in [1.82, 2.24) is 9.88 Å². The summed E-state index contributed by atoms with van der Waals surface area (Å²) in [6, 6.07) is 9.73. The fourth-order valence-electron chi connectivity index (χ4n) is 1.89.